The van der Waals surface area contributed by atoms with Crippen molar-refractivity contribution in [3.8, 4) is 11.5 Å². The summed E-state index contributed by atoms with van der Waals surface area (Å²) in [6.45, 7) is 2.03. The topological polar surface area (TPSA) is 108 Å². The third-order valence-corrected chi connectivity index (χ3v) is 5.96. The number of hydrogen-bond donors (Lipinski definition) is 1. The van der Waals surface area contributed by atoms with Gasteiger partial charge in [-0.1, -0.05) is 0 Å². The molecule has 0 aromatic heterocycles. The fraction of sp³-hybridized carbons (Fsp3) is 0.500. The smallest absolute Gasteiger partial charge is 0.338 e. The van der Waals surface area contributed by atoms with Gasteiger partial charge in [-0.15, -0.1) is 0 Å². The number of esters is 1. The van der Waals surface area contributed by atoms with Crippen molar-refractivity contribution in [3.63, 3.8) is 0 Å². The Bertz CT molecular complexity index is 805. The molecule has 1 fully saturated rings. The molecule has 0 saturated carbocycles. The second kappa shape index (κ2) is 6.55. The molecule has 1 aromatic rings. The fourth-order valence-corrected chi connectivity index (χ4v) is 4.96. The van der Waals surface area contributed by atoms with Gasteiger partial charge in [0.1, 0.15) is 13.2 Å². The lowest BCUT2D eigenvalue weighted by Gasteiger charge is -2.23. The van der Waals surface area contributed by atoms with Crippen LogP contribution in [0, 0.1) is 0 Å². The minimum atomic E-state index is -3.13. The van der Waals surface area contributed by atoms with Crippen molar-refractivity contribution in [2.45, 2.75) is 18.9 Å². The Morgan fingerprint density at radius 3 is 2.64 bits per heavy atom. The first-order chi connectivity index (χ1) is 11.8. The van der Waals surface area contributed by atoms with Crippen molar-refractivity contribution < 1.29 is 32.2 Å². The van der Waals surface area contributed by atoms with Crippen LogP contribution in [-0.2, 0) is 19.4 Å². The minimum absolute atomic E-state index is 0.0424. The zero-order valence-corrected chi connectivity index (χ0v) is 14.6. The first-order valence-corrected chi connectivity index (χ1v) is 9.67. The van der Waals surface area contributed by atoms with E-state index in [0.29, 0.717) is 31.1 Å². The Labute approximate surface area is 145 Å². The molecule has 3 rings (SSSR count). The third-order valence-electron chi connectivity index (χ3n) is 4.06. The lowest BCUT2D eigenvalue weighted by Crippen LogP contribution is -2.48. The lowest BCUT2D eigenvalue weighted by molar-refractivity contribution is -0.125. The Morgan fingerprint density at radius 1 is 1.24 bits per heavy atom. The van der Waals surface area contributed by atoms with Gasteiger partial charge in [-0.2, -0.15) is 0 Å². The molecular weight excluding hydrogens is 350 g/mol. The molecule has 1 amide bonds. The van der Waals surface area contributed by atoms with Crippen molar-refractivity contribution in [3.05, 3.63) is 23.8 Å². The SMILES string of the molecule is C[C@@]1(NC(=O)COC(=O)c2ccc3c(c2)OCCO3)CCS(=O)(=O)C1. The van der Waals surface area contributed by atoms with Crippen LogP contribution >= 0.6 is 0 Å². The predicted molar refractivity (Wildman–Crippen MR) is 87.5 cm³/mol. The van der Waals surface area contributed by atoms with E-state index in [1.165, 1.54) is 12.1 Å². The molecule has 0 spiro atoms. The summed E-state index contributed by atoms with van der Waals surface area (Å²) in [5, 5.41) is 2.63. The molecule has 9 heteroatoms. The molecule has 2 heterocycles. The minimum Gasteiger partial charge on any atom is -0.486 e. The van der Waals surface area contributed by atoms with Crippen molar-refractivity contribution in [1.29, 1.82) is 0 Å². The summed E-state index contributed by atoms with van der Waals surface area (Å²) < 4.78 is 38.8. The van der Waals surface area contributed by atoms with Crippen LogP contribution in [0.25, 0.3) is 0 Å². The normalized spacial score (nSPS) is 23.7. The first kappa shape index (κ1) is 17.5. The van der Waals surface area contributed by atoms with Crippen LogP contribution in [0.15, 0.2) is 18.2 Å². The van der Waals surface area contributed by atoms with E-state index in [0.717, 1.165) is 0 Å². The van der Waals surface area contributed by atoms with Crippen molar-refractivity contribution in [2.24, 2.45) is 0 Å². The molecule has 1 saturated heterocycles. The van der Waals surface area contributed by atoms with Crippen molar-refractivity contribution in [1.82, 2.24) is 5.32 Å². The van der Waals surface area contributed by atoms with Gasteiger partial charge in [0.05, 0.1) is 22.6 Å². The third kappa shape index (κ3) is 4.22. The number of fused-ring (bicyclic) bond motifs is 1. The van der Waals surface area contributed by atoms with Gasteiger partial charge in [0.2, 0.25) is 0 Å². The van der Waals surface area contributed by atoms with Gasteiger partial charge in [-0.3, -0.25) is 4.79 Å². The highest BCUT2D eigenvalue weighted by Crippen LogP contribution is 2.31. The molecule has 1 aromatic carbocycles. The number of ether oxygens (including phenoxy) is 3. The largest absolute Gasteiger partial charge is 0.486 e. The van der Waals surface area contributed by atoms with E-state index in [4.69, 9.17) is 14.2 Å². The van der Waals surface area contributed by atoms with Crippen LogP contribution in [0.4, 0.5) is 0 Å². The van der Waals surface area contributed by atoms with Gasteiger partial charge < -0.3 is 19.5 Å². The maximum atomic E-state index is 12.1. The van der Waals surface area contributed by atoms with Crippen LogP contribution in [0.3, 0.4) is 0 Å². The first-order valence-electron chi connectivity index (χ1n) is 7.85. The molecule has 25 heavy (non-hydrogen) atoms. The van der Waals surface area contributed by atoms with E-state index in [-0.39, 0.29) is 17.1 Å². The average Bonchev–Trinajstić information content (AvgIpc) is 2.85. The number of benzene rings is 1. The summed E-state index contributed by atoms with van der Waals surface area (Å²) >= 11 is 0. The summed E-state index contributed by atoms with van der Waals surface area (Å²) in [5.74, 6) is -0.269. The van der Waals surface area contributed by atoms with Crippen LogP contribution in [-0.4, -0.2) is 57.2 Å². The van der Waals surface area contributed by atoms with E-state index in [1.807, 2.05) is 0 Å². The van der Waals surface area contributed by atoms with Crippen LogP contribution in [0.2, 0.25) is 0 Å². The molecule has 2 aliphatic rings. The molecule has 0 unspecified atom stereocenters. The monoisotopic (exact) mass is 369 g/mol. The Morgan fingerprint density at radius 2 is 1.96 bits per heavy atom. The number of nitrogens with one attached hydrogen (secondary N) is 1. The highest BCUT2D eigenvalue weighted by molar-refractivity contribution is 7.91. The number of carbonyl (C=O) groups is 2. The maximum Gasteiger partial charge on any atom is 0.338 e. The molecule has 2 aliphatic heterocycles. The van der Waals surface area contributed by atoms with Gasteiger partial charge in [0, 0.05) is 0 Å². The zero-order valence-electron chi connectivity index (χ0n) is 13.7. The lowest BCUT2D eigenvalue weighted by atomic mass is 10.0. The van der Waals surface area contributed by atoms with E-state index < -0.39 is 33.9 Å². The number of amides is 1. The van der Waals surface area contributed by atoms with Crippen molar-refractivity contribution in [2.75, 3.05) is 31.3 Å². The summed E-state index contributed by atoms with van der Waals surface area (Å²) in [4.78, 5) is 24.0. The molecular formula is C16H19NO7S. The Kier molecular flexibility index (Phi) is 4.59. The zero-order chi connectivity index (χ0) is 18.1. The Balaban J connectivity index is 1.54. The van der Waals surface area contributed by atoms with E-state index >= 15 is 0 Å². The standard InChI is InChI=1S/C16H19NO7S/c1-16(4-7-25(20,21)10-16)17-14(18)9-24-15(19)11-2-3-12-13(8-11)23-6-5-22-12/h2-3,8H,4-7,9-10H2,1H3,(H,17,18)/t16-/m1/s1. The quantitative estimate of drug-likeness (QED) is 0.761. The van der Waals surface area contributed by atoms with E-state index in [9.17, 15) is 18.0 Å². The molecule has 136 valence electrons. The molecule has 8 nitrogen and oxygen atoms in total. The van der Waals surface area contributed by atoms with E-state index in [1.54, 1.807) is 13.0 Å². The van der Waals surface area contributed by atoms with Crippen LogP contribution < -0.4 is 14.8 Å². The molecule has 1 N–H and O–H groups in total. The summed E-state index contributed by atoms with van der Waals surface area (Å²) in [6.07, 6.45) is 0.344. The molecule has 0 aliphatic carbocycles. The second-order valence-electron chi connectivity index (χ2n) is 6.39. The summed E-state index contributed by atoms with van der Waals surface area (Å²) in [6, 6.07) is 4.63. The maximum absolute atomic E-state index is 12.1. The molecule has 1 atom stereocenters. The van der Waals surface area contributed by atoms with Gasteiger partial charge >= 0.3 is 5.97 Å². The van der Waals surface area contributed by atoms with Crippen LogP contribution in [0.5, 0.6) is 11.5 Å². The predicted octanol–water partition coefficient (Wildman–Crippen LogP) is 0.308. The van der Waals surface area contributed by atoms with Crippen molar-refractivity contribution >= 4 is 21.7 Å². The Hall–Kier alpha value is -2.29. The number of carbonyl (C=O) groups excluding carboxylic acids is 2. The number of hydrogen-bond acceptors (Lipinski definition) is 7. The van der Waals surface area contributed by atoms with Gasteiger partial charge in [0.25, 0.3) is 5.91 Å². The number of rotatable bonds is 4. The highest BCUT2D eigenvalue weighted by atomic mass is 32.2. The van der Waals surface area contributed by atoms with E-state index in [2.05, 4.69) is 5.32 Å². The van der Waals surface area contributed by atoms with Gasteiger partial charge in [-0.25, -0.2) is 13.2 Å². The molecule has 0 bridgehead atoms. The number of sulfone groups is 1. The van der Waals surface area contributed by atoms with Crippen LogP contribution in [0.1, 0.15) is 23.7 Å². The van der Waals surface area contributed by atoms with Gasteiger partial charge in [-0.05, 0) is 31.5 Å². The van der Waals surface area contributed by atoms with Gasteiger partial charge in [0.15, 0.2) is 27.9 Å². The summed E-state index contributed by atoms with van der Waals surface area (Å²) in [5.41, 5.74) is -0.578. The second-order valence-corrected chi connectivity index (χ2v) is 8.57. The molecule has 0 radical (unpaired) electrons. The highest BCUT2D eigenvalue weighted by Gasteiger charge is 2.39. The fourth-order valence-electron chi connectivity index (χ4n) is 2.87. The summed E-state index contributed by atoms with van der Waals surface area (Å²) in [7, 11) is -3.13. The average molecular weight is 369 g/mol.